The van der Waals surface area contributed by atoms with Crippen LogP contribution in [0.3, 0.4) is 0 Å². The van der Waals surface area contributed by atoms with Gasteiger partial charge < -0.3 is 19.5 Å². The lowest BCUT2D eigenvalue weighted by Crippen LogP contribution is -2.49. The molecule has 2 aliphatic heterocycles. The van der Waals surface area contributed by atoms with Crippen LogP contribution in [0.15, 0.2) is 30.3 Å². The number of ether oxygens (including phenoxy) is 2. The van der Waals surface area contributed by atoms with Crippen LogP contribution in [0.2, 0.25) is 0 Å². The Kier molecular flexibility index (Phi) is 8.50. The Morgan fingerprint density at radius 1 is 0.927 bits per heavy atom. The molecule has 0 spiro atoms. The summed E-state index contributed by atoms with van der Waals surface area (Å²) in [4.78, 5) is 31.0. The number of hydrogen-bond donors (Lipinski definition) is 1. The molecule has 0 atom stereocenters. The van der Waals surface area contributed by atoms with Gasteiger partial charge in [0, 0.05) is 44.7 Å². The zero-order valence-corrected chi connectivity index (χ0v) is 26.3. The van der Waals surface area contributed by atoms with E-state index in [4.69, 9.17) is 9.47 Å². The van der Waals surface area contributed by atoms with Gasteiger partial charge >= 0.3 is 12.2 Å². The van der Waals surface area contributed by atoms with Crippen LogP contribution >= 0.6 is 0 Å². The lowest BCUT2D eigenvalue weighted by molar-refractivity contribution is 0.0139. The number of carboxylic acid groups (broad SMARTS) is 1. The molecule has 0 unspecified atom stereocenters. The van der Waals surface area contributed by atoms with Crippen LogP contribution in [-0.4, -0.2) is 65.5 Å². The van der Waals surface area contributed by atoms with Crippen molar-refractivity contribution in [2.24, 2.45) is 0 Å². The summed E-state index contributed by atoms with van der Waals surface area (Å²) >= 11 is 0. The third-order valence-electron chi connectivity index (χ3n) is 7.92. The topological polar surface area (TPSA) is 82.5 Å². The number of amides is 2. The standard InChI is InChI=1S/C33H47N3O5/c1-10-40-21-22-11-12-24-26(18-22)36(29(37)38)27-19-23(17-25(31(2,3)4)28(27)33(24,8)9)20-34-13-15-35(16-14-34)30(39)41-32(5,6)7/h11-12,17-19H,10,13-16,20-21H2,1-9H3,(H,37,38). The van der Waals surface area contributed by atoms with Crippen molar-refractivity contribution in [3.05, 3.63) is 58.1 Å². The maximum absolute atomic E-state index is 12.9. The van der Waals surface area contributed by atoms with E-state index in [-0.39, 0.29) is 11.5 Å². The van der Waals surface area contributed by atoms with Crippen molar-refractivity contribution in [1.82, 2.24) is 9.80 Å². The Morgan fingerprint density at radius 2 is 1.56 bits per heavy atom. The first-order chi connectivity index (χ1) is 19.0. The van der Waals surface area contributed by atoms with Crippen LogP contribution in [0.1, 0.15) is 90.1 Å². The van der Waals surface area contributed by atoms with Crippen molar-refractivity contribution in [1.29, 1.82) is 0 Å². The minimum atomic E-state index is -1.00. The number of carbonyl (C=O) groups is 2. The van der Waals surface area contributed by atoms with E-state index in [1.54, 1.807) is 4.90 Å². The molecule has 8 nitrogen and oxygen atoms in total. The number of hydrogen-bond acceptors (Lipinski definition) is 5. The van der Waals surface area contributed by atoms with Crippen LogP contribution in [0.25, 0.3) is 0 Å². The summed E-state index contributed by atoms with van der Waals surface area (Å²) in [5, 5.41) is 10.6. The van der Waals surface area contributed by atoms with Gasteiger partial charge in [0.1, 0.15) is 5.60 Å². The Hall–Kier alpha value is -3.10. The molecule has 2 amide bonds. The molecule has 4 rings (SSSR count). The van der Waals surface area contributed by atoms with E-state index < -0.39 is 17.1 Å². The molecule has 1 fully saturated rings. The van der Waals surface area contributed by atoms with Crippen molar-refractivity contribution in [2.75, 3.05) is 37.7 Å². The van der Waals surface area contributed by atoms with Gasteiger partial charge in [0.25, 0.3) is 0 Å². The second-order valence-corrected chi connectivity index (χ2v) is 13.8. The second-order valence-electron chi connectivity index (χ2n) is 13.8. The van der Waals surface area contributed by atoms with Gasteiger partial charge in [-0.2, -0.15) is 0 Å². The Labute approximate surface area is 245 Å². The van der Waals surface area contributed by atoms with E-state index >= 15 is 0 Å². The first kappa shape index (κ1) is 30.8. The Morgan fingerprint density at radius 3 is 2.12 bits per heavy atom. The van der Waals surface area contributed by atoms with Crippen LogP contribution in [0.5, 0.6) is 0 Å². The summed E-state index contributed by atoms with van der Waals surface area (Å²) in [6, 6.07) is 10.4. The third kappa shape index (κ3) is 6.54. The minimum Gasteiger partial charge on any atom is -0.464 e. The first-order valence-electron chi connectivity index (χ1n) is 14.6. The Balaban J connectivity index is 1.71. The number of anilines is 2. The fourth-order valence-electron chi connectivity index (χ4n) is 5.95. The van der Waals surface area contributed by atoms with E-state index in [1.807, 2.05) is 39.8 Å². The highest BCUT2D eigenvalue weighted by Crippen LogP contribution is 2.52. The summed E-state index contributed by atoms with van der Waals surface area (Å²) in [5.74, 6) is 0. The van der Waals surface area contributed by atoms with Crippen LogP contribution in [0, 0.1) is 0 Å². The SMILES string of the molecule is CCOCc1ccc2c(c1)N(C(=O)O)c1cc(CN3CCN(C(=O)OC(C)(C)C)CC3)cc(C(C)(C)C)c1C2(C)C. The second kappa shape index (κ2) is 11.3. The molecule has 1 saturated heterocycles. The molecule has 2 aromatic carbocycles. The number of fused-ring (bicyclic) bond motifs is 2. The molecule has 2 aliphatic rings. The molecule has 0 radical (unpaired) electrons. The molecule has 8 heteroatoms. The van der Waals surface area contributed by atoms with Crippen molar-refractivity contribution in [3.63, 3.8) is 0 Å². The fourth-order valence-corrected chi connectivity index (χ4v) is 5.95. The summed E-state index contributed by atoms with van der Waals surface area (Å²) in [5.41, 5.74) is 5.49. The average Bonchev–Trinajstić information content (AvgIpc) is 2.85. The highest BCUT2D eigenvalue weighted by Gasteiger charge is 2.42. The molecule has 0 aliphatic carbocycles. The lowest BCUT2D eigenvalue weighted by atomic mass is 9.67. The summed E-state index contributed by atoms with van der Waals surface area (Å²) in [7, 11) is 0. The van der Waals surface area contributed by atoms with Crippen molar-refractivity contribution in [2.45, 2.75) is 91.9 Å². The predicted molar refractivity (Wildman–Crippen MR) is 162 cm³/mol. The van der Waals surface area contributed by atoms with Crippen molar-refractivity contribution >= 4 is 23.6 Å². The van der Waals surface area contributed by atoms with Gasteiger partial charge in [0.2, 0.25) is 0 Å². The molecule has 2 heterocycles. The van der Waals surface area contributed by atoms with Gasteiger partial charge in [-0.15, -0.1) is 0 Å². The van der Waals surface area contributed by atoms with E-state index in [0.717, 1.165) is 46.6 Å². The number of benzene rings is 2. The molecule has 0 saturated carbocycles. The number of nitrogens with zero attached hydrogens (tertiary/aromatic N) is 3. The van der Waals surface area contributed by atoms with E-state index in [2.05, 4.69) is 57.7 Å². The average molecular weight is 566 g/mol. The fraction of sp³-hybridized carbons (Fsp3) is 0.576. The molecular formula is C33H47N3O5. The van der Waals surface area contributed by atoms with Gasteiger partial charge in [-0.1, -0.05) is 52.8 Å². The normalized spacial score (nSPS) is 17.2. The zero-order chi connectivity index (χ0) is 30.3. The van der Waals surface area contributed by atoms with Crippen LogP contribution in [-0.2, 0) is 33.5 Å². The minimum absolute atomic E-state index is 0.205. The molecule has 224 valence electrons. The molecule has 41 heavy (non-hydrogen) atoms. The summed E-state index contributed by atoms with van der Waals surface area (Å²) < 4.78 is 11.2. The third-order valence-corrected chi connectivity index (χ3v) is 7.92. The van der Waals surface area contributed by atoms with E-state index in [1.165, 1.54) is 4.90 Å². The van der Waals surface area contributed by atoms with Gasteiger partial charge in [0.05, 0.1) is 18.0 Å². The highest BCUT2D eigenvalue weighted by atomic mass is 16.6. The number of carbonyl (C=O) groups excluding carboxylic acids is 1. The van der Waals surface area contributed by atoms with Gasteiger partial charge in [-0.25, -0.2) is 14.5 Å². The maximum Gasteiger partial charge on any atom is 0.416 e. The van der Waals surface area contributed by atoms with Crippen molar-refractivity contribution < 1.29 is 24.2 Å². The van der Waals surface area contributed by atoms with Gasteiger partial charge in [-0.05, 0) is 73.1 Å². The maximum atomic E-state index is 12.9. The molecule has 1 N–H and O–H groups in total. The van der Waals surface area contributed by atoms with Gasteiger partial charge in [-0.3, -0.25) is 4.90 Å². The van der Waals surface area contributed by atoms with Crippen LogP contribution < -0.4 is 4.90 Å². The zero-order valence-electron chi connectivity index (χ0n) is 26.3. The predicted octanol–water partition coefficient (Wildman–Crippen LogP) is 7.03. The molecule has 0 aromatic heterocycles. The van der Waals surface area contributed by atoms with E-state index in [0.29, 0.717) is 38.5 Å². The smallest absolute Gasteiger partial charge is 0.416 e. The lowest BCUT2D eigenvalue weighted by Gasteiger charge is -2.44. The quantitative estimate of drug-likeness (QED) is 0.419. The molecule has 0 bridgehead atoms. The van der Waals surface area contributed by atoms with E-state index in [9.17, 15) is 14.7 Å². The largest absolute Gasteiger partial charge is 0.464 e. The van der Waals surface area contributed by atoms with Crippen molar-refractivity contribution in [3.8, 4) is 0 Å². The molecule has 2 aromatic rings. The summed E-state index contributed by atoms with van der Waals surface area (Å²) in [6.45, 7) is 22.9. The molecular weight excluding hydrogens is 518 g/mol. The highest BCUT2D eigenvalue weighted by molar-refractivity contribution is 6.00. The first-order valence-corrected chi connectivity index (χ1v) is 14.6. The van der Waals surface area contributed by atoms with Gasteiger partial charge in [0.15, 0.2) is 0 Å². The van der Waals surface area contributed by atoms with Crippen LogP contribution in [0.4, 0.5) is 21.0 Å². The summed E-state index contributed by atoms with van der Waals surface area (Å²) in [6.07, 6.45) is -1.28. The monoisotopic (exact) mass is 565 g/mol. The Bertz CT molecular complexity index is 1300. The number of piperazine rings is 1. The number of rotatable bonds is 5.